The van der Waals surface area contributed by atoms with E-state index in [1.54, 1.807) is 11.0 Å². The molecule has 1 N–H and O–H groups in total. The zero-order valence-corrected chi connectivity index (χ0v) is 19.2. The number of sulfonamides is 1. The molecule has 2 aliphatic heterocycles. The number of hydrogen-bond acceptors (Lipinski definition) is 4. The van der Waals surface area contributed by atoms with Crippen molar-refractivity contribution in [2.75, 3.05) is 37.6 Å². The van der Waals surface area contributed by atoms with Crippen molar-refractivity contribution in [1.82, 2.24) is 9.62 Å². The molecule has 160 valence electrons. The van der Waals surface area contributed by atoms with E-state index in [0.717, 1.165) is 56.6 Å². The molecule has 1 aromatic carbocycles. The lowest BCUT2D eigenvalue weighted by molar-refractivity contribution is -0.119. The summed E-state index contributed by atoms with van der Waals surface area (Å²) < 4.78 is 29.2. The van der Waals surface area contributed by atoms with Crippen LogP contribution in [0.15, 0.2) is 21.5 Å². The van der Waals surface area contributed by atoms with Gasteiger partial charge in [0.15, 0.2) is 0 Å². The second-order valence-corrected chi connectivity index (χ2v) is 11.0. The molecule has 29 heavy (non-hydrogen) atoms. The minimum absolute atomic E-state index is 0.127. The molecule has 2 fully saturated rings. The third-order valence-corrected chi connectivity index (χ3v) is 8.57. The van der Waals surface area contributed by atoms with Gasteiger partial charge in [-0.05, 0) is 91.8 Å². The molecule has 1 aliphatic carbocycles. The Bertz CT molecular complexity index is 862. The van der Waals surface area contributed by atoms with E-state index >= 15 is 0 Å². The third-order valence-electron chi connectivity index (χ3n) is 6.15. The van der Waals surface area contributed by atoms with Gasteiger partial charge >= 0.3 is 0 Å². The van der Waals surface area contributed by atoms with Crippen molar-refractivity contribution in [1.29, 1.82) is 0 Å². The molecular formula is C21H30BrN3O3S. The van der Waals surface area contributed by atoms with Crippen LogP contribution in [0.5, 0.6) is 0 Å². The van der Waals surface area contributed by atoms with Crippen molar-refractivity contribution in [2.45, 2.75) is 56.3 Å². The van der Waals surface area contributed by atoms with E-state index in [0.29, 0.717) is 17.6 Å². The molecule has 1 amide bonds. The number of nitrogens with one attached hydrogen (secondary N) is 1. The zero-order chi connectivity index (χ0) is 20.4. The van der Waals surface area contributed by atoms with E-state index in [9.17, 15) is 13.2 Å². The molecule has 2 heterocycles. The van der Waals surface area contributed by atoms with E-state index in [4.69, 9.17) is 0 Å². The highest BCUT2D eigenvalue weighted by Gasteiger charge is 2.37. The third kappa shape index (κ3) is 5.03. The maximum Gasteiger partial charge on any atom is 0.241 e. The van der Waals surface area contributed by atoms with Crippen LogP contribution in [-0.4, -0.2) is 51.9 Å². The Morgan fingerprint density at radius 2 is 1.83 bits per heavy atom. The summed E-state index contributed by atoms with van der Waals surface area (Å²) in [5, 5.41) is 0. The fourth-order valence-electron chi connectivity index (χ4n) is 4.32. The summed E-state index contributed by atoms with van der Waals surface area (Å²) in [4.78, 5) is 17.0. The molecule has 0 aromatic heterocycles. The summed E-state index contributed by atoms with van der Waals surface area (Å²) in [5.41, 5.74) is 1.79. The number of benzene rings is 1. The van der Waals surface area contributed by atoms with Crippen molar-refractivity contribution in [3.63, 3.8) is 0 Å². The smallest absolute Gasteiger partial charge is 0.241 e. The number of amides is 1. The van der Waals surface area contributed by atoms with Crippen molar-refractivity contribution in [2.24, 2.45) is 5.92 Å². The Morgan fingerprint density at radius 1 is 1.10 bits per heavy atom. The lowest BCUT2D eigenvalue weighted by Crippen LogP contribution is -2.31. The normalized spacial score (nSPS) is 20.5. The zero-order valence-electron chi connectivity index (χ0n) is 16.8. The first kappa shape index (κ1) is 21.3. The van der Waals surface area contributed by atoms with E-state index in [2.05, 4.69) is 25.6 Å². The number of anilines is 1. The van der Waals surface area contributed by atoms with Gasteiger partial charge in [0.2, 0.25) is 15.9 Å². The summed E-state index contributed by atoms with van der Waals surface area (Å²) >= 11 is 3.43. The fraction of sp³-hybridized carbons (Fsp3) is 0.667. The summed E-state index contributed by atoms with van der Waals surface area (Å²) in [5.74, 6) is 0.265. The maximum absolute atomic E-state index is 12.9. The molecule has 0 spiro atoms. The topological polar surface area (TPSA) is 69.7 Å². The summed E-state index contributed by atoms with van der Waals surface area (Å²) in [7, 11) is -3.63. The van der Waals surface area contributed by atoms with Crippen LogP contribution in [0.3, 0.4) is 0 Å². The molecule has 1 saturated carbocycles. The van der Waals surface area contributed by atoms with Gasteiger partial charge in [0, 0.05) is 29.2 Å². The average Bonchev–Trinajstić information content (AvgIpc) is 3.49. The van der Waals surface area contributed by atoms with Gasteiger partial charge in [0.1, 0.15) is 0 Å². The van der Waals surface area contributed by atoms with Gasteiger partial charge in [-0.25, -0.2) is 13.1 Å². The van der Waals surface area contributed by atoms with E-state index in [-0.39, 0.29) is 16.7 Å². The van der Waals surface area contributed by atoms with Gasteiger partial charge in [-0.15, -0.1) is 0 Å². The molecule has 0 unspecified atom stereocenters. The minimum atomic E-state index is -3.63. The highest BCUT2D eigenvalue weighted by Crippen LogP contribution is 2.39. The molecule has 1 aromatic rings. The van der Waals surface area contributed by atoms with Crippen LogP contribution < -0.4 is 9.62 Å². The Labute approximate surface area is 182 Å². The summed E-state index contributed by atoms with van der Waals surface area (Å²) in [6, 6.07) is 3.53. The predicted octanol–water partition coefficient (Wildman–Crippen LogP) is 3.29. The van der Waals surface area contributed by atoms with Gasteiger partial charge < -0.3 is 9.80 Å². The van der Waals surface area contributed by atoms with Crippen LogP contribution in [0.25, 0.3) is 0 Å². The molecule has 0 atom stereocenters. The van der Waals surface area contributed by atoms with Gasteiger partial charge in [-0.1, -0.05) is 12.8 Å². The molecule has 1 saturated heterocycles. The summed E-state index contributed by atoms with van der Waals surface area (Å²) in [6.45, 7) is 4.23. The highest BCUT2D eigenvalue weighted by molar-refractivity contribution is 9.10. The SMILES string of the molecule is O=C(C1CC1)N1CCc2cc(Br)c(S(=O)(=O)NCCCN3CCCCCC3)cc21. The lowest BCUT2D eigenvalue weighted by atomic mass is 10.2. The number of nitrogens with zero attached hydrogens (tertiary/aromatic N) is 2. The number of carbonyl (C=O) groups excluding carboxylic acids is 1. The standard InChI is InChI=1S/C21H30BrN3O3S/c22-18-14-17-8-13-25(21(26)16-6-7-16)19(17)15-20(18)29(27,28)23-9-5-12-24-10-3-1-2-4-11-24/h14-16,23H,1-13H2. The van der Waals surface area contributed by atoms with Crippen molar-refractivity contribution >= 4 is 37.5 Å². The Hall–Kier alpha value is -0.960. The number of likely N-dealkylation sites (tertiary alicyclic amines) is 1. The number of hydrogen-bond donors (Lipinski definition) is 1. The van der Waals surface area contributed by atoms with Crippen LogP contribution in [-0.2, 0) is 21.2 Å². The second-order valence-electron chi connectivity index (χ2n) is 8.43. The predicted molar refractivity (Wildman–Crippen MR) is 118 cm³/mol. The van der Waals surface area contributed by atoms with E-state index in [1.165, 1.54) is 25.7 Å². The second kappa shape index (κ2) is 9.04. The first-order valence-electron chi connectivity index (χ1n) is 10.8. The Kier molecular flexibility index (Phi) is 6.63. The van der Waals surface area contributed by atoms with Gasteiger partial charge in [0.25, 0.3) is 0 Å². The number of halogens is 1. The number of carbonyl (C=O) groups is 1. The van der Waals surface area contributed by atoms with Crippen molar-refractivity contribution in [3.8, 4) is 0 Å². The van der Waals surface area contributed by atoms with Crippen LogP contribution in [0.2, 0.25) is 0 Å². The highest BCUT2D eigenvalue weighted by atomic mass is 79.9. The van der Waals surface area contributed by atoms with Gasteiger partial charge in [-0.3, -0.25) is 4.79 Å². The average molecular weight is 484 g/mol. The monoisotopic (exact) mass is 483 g/mol. The molecule has 4 rings (SSSR count). The van der Waals surface area contributed by atoms with E-state index in [1.807, 2.05) is 6.07 Å². The van der Waals surface area contributed by atoms with E-state index < -0.39 is 10.0 Å². The largest absolute Gasteiger partial charge is 0.312 e. The van der Waals surface area contributed by atoms with Crippen molar-refractivity contribution < 1.29 is 13.2 Å². The van der Waals surface area contributed by atoms with Gasteiger partial charge in [0.05, 0.1) is 4.90 Å². The van der Waals surface area contributed by atoms with Crippen LogP contribution >= 0.6 is 15.9 Å². The lowest BCUT2D eigenvalue weighted by Gasteiger charge is -2.20. The fourth-order valence-corrected chi connectivity index (χ4v) is 6.50. The van der Waals surface area contributed by atoms with Crippen LogP contribution in [0.1, 0.15) is 50.5 Å². The molecule has 0 radical (unpaired) electrons. The number of rotatable bonds is 7. The molecule has 8 heteroatoms. The molecule has 0 bridgehead atoms. The molecule has 6 nitrogen and oxygen atoms in total. The maximum atomic E-state index is 12.9. The van der Waals surface area contributed by atoms with Gasteiger partial charge in [-0.2, -0.15) is 0 Å². The Balaban J connectivity index is 1.40. The number of fused-ring (bicyclic) bond motifs is 1. The summed E-state index contributed by atoms with van der Waals surface area (Å²) in [6.07, 6.45) is 8.55. The Morgan fingerprint density at radius 3 is 2.52 bits per heavy atom. The van der Waals surface area contributed by atoms with Crippen LogP contribution in [0.4, 0.5) is 5.69 Å². The molecular weight excluding hydrogens is 454 g/mol. The molecule has 3 aliphatic rings. The van der Waals surface area contributed by atoms with Crippen LogP contribution in [0, 0.1) is 5.92 Å². The first-order chi connectivity index (χ1) is 14.0. The van der Waals surface area contributed by atoms with Crippen molar-refractivity contribution in [3.05, 3.63) is 22.2 Å². The first-order valence-corrected chi connectivity index (χ1v) is 13.1. The quantitative estimate of drug-likeness (QED) is 0.604. The minimum Gasteiger partial charge on any atom is -0.312 e.